The minimum atomic E-state index is -1.08. The zero-order chi connectivity index (χ0) is 37.3. The number of rotatable bonds is 3. The fourth-order valence-electron chi connectivity index (χ4n) is 1.77. The van der Waals surface area contributed by atoms with Crippen LogP contribution in [0, 0.1) is 72.4 Å². The van der Waals surface area contributed by atoms with E-state index in [2.05, 4.69) is 14.2 Å². The molecule has 0 atom stereocenters. The molecule has 0 fully saturated rings. The van der Waals surface area contributed by atoms with Crippen molar-refractivity contribution < 1.29 is 97.3 Å². The second-order valence-electron chi connectivity index (χ2n) is 16.5. The van der Waals surface area contributed by atoms with Crippen LogP contribution in [0.5, 0.6) is 0 Å². The first-order valence-electron chi connectivity index (χ1n) is 14.3. The van der Waals surface area contributed by atoms with Crippen LogP contribution in [-0.4, -0.2) is 53.2 Å². The van der Waals surface area contributed by atoms with Gasteiger partial charge < -0.3 is 14.2 Å². The van der Waals surface area contributed by atoms with Gasteiger partial charge in [0.2, 0.25) is 17.3 Å². The number of carbonyl (C=O) groups excluding carboxylic acids is 9. The molecule has 0 aliphatic rings. The maximum atomic E-state index is 11.4. The fraction of sp³-hybridized carbons (Fsp3) is 0.727. The van der Waals surface area contributed by atoms with Gasteiger partial charge in [-0.2, -0.15) is 0 Å². The van der Waals surface area contributed by atoms with E-state index >= 15 is 0 Å². The van der Waals surface area contributed by atoms with Crippen molar-refractivity contribution >= 4 is 53.2 Å². The quantitative estimate of drug-likeness (QED) is 0.159. The minimum absolute atomic E-state index is 0. The molecule has 0 saturated heterocycles. The Morgan fingerprint density at radius 2 is 0.413 bits per heavy atom. The first-order valence-corrected chi connectivity index (χ1v) is 14.3. The number of ketones is 3. The van der Waals surface area contributed by atoms with Crippen molar-refractivity contribution in [1.82, 2.24) is 0 Å². The maximum Gasteiger partial charge on any atom is 0.382 e. The third-order valence-electron chi connectivity index (χ3n) is 4.99. The molecule has 0 aromatic carbocycles. The second kappa shape index (κ2) is 18.3. The Balaban J connectivity index is -0.000000285. The molecule has 0 heterocycles. The van der Waals surface area contributed by atoms with E-state index in [0.29, 0.717) is 0 Å². The van der Waals surface area contributed by atoms with Gasteiger partial charge in [0.1, 0.15) is 0 Å². The summed E-state index contributed by atoms with van der Waals surface area (Å²) in [6.45, 7) is 28.9. The molecular formula is C33H54GdO12. The van der Waals surface area contributed by atoms with Gasteiger partial charge in [-0.25, -0.2) is 14.4 Å². The Hall–Kier alpha value is -2.25. The van der Waals surface area contributed by atoms with Gasteiger partial charge in [-0.1, -0.05) is 62.3 Å². The van der Waals surface area contributed by atoms with Gasteiger partial charge >= 0.3 is 35.8 Å². The Kier molecular flexibility index (Phi) is 20.2. The summed E-state index contributed by atoms with van der Waals surface area (Å²) in [7, 11) is 0. The third-order valence-corrected chi connectivity index (χ3v) is 4.99. The monoisotopic (exact) mass is 800 g/mol. The average Bonchev–Trinajstić information content (AvgIpc) is 2.79. The van der Waals surface area contributed by atoms with Crippen molar-refractivity contribution in [1.29, 1.82) is 0 Å². The molecule has 0 rings (SSSR count). The van der Waals surface area contributed by atoms with Crippen LogP contribution < -0.4 is 0 Å². The van der Waals surface area contributed by atoms with Crippen molar-refractivity contribution in [3.63, 3.8) is 0 Å². The maximum absolute atomic E-state index is 11.4. The van der Waals surface area contributed by atoms with Gasteiger partial charge in [0.05, 0.1) is 16.2 Å². The first-order chi connectivity index (χ1) is 19.4. The summed E-state index contributed by atoms with van der Waals surface area (Å²) in [5, 5.41) is 0. The van der Waals surface area contributed by atoms with Crippen LogP contribution in [0.1, 0.15) is 125 Å². The predicted molar refractivity (Wildman–Crippen MR) is 165 cm³/mol. The standard InChI is InChI=1S/3C11H18O4.Gd/c3*1-10(2,3)7(12)8(13)15-9(14)11(4,5)6;/h3*1-6H3;. The number of esters is 6. The summed E-state index contributed by atoms with van der Waals surface area (Å²) in [5.74, 6) is -7.40. The molecule has 0 bridgehead atoms. The molecule has 12 nitrogen and oxygen atoms in total. The number of hydrogen-bond acceptors (Lipinski definition) is 12. The topological polar surface area (TPSA) is 181 Å². The number of carbonyl (C=O) groups is 9. The molecule has 0 aromatic rings. The molecule has 0 radical (unpaired) electrons. The molecule has 0 aliphatic heterocycles. The van der Waals surface area contributed by atoms with Crippen LogP contribution >= 0.6 is 0 Å². The summed E-state index contributed by atoms with van der Waals surface area (Å²) in [6, 6.07) is 0. The Bertz CT molecular complexity index is 1020. The molecule has 0 aliphatic carbocycles. The summed E-state index contributed by atoms with van der Waals surface area (Å²) < 4.78 is 13.4. The van der Waals surface area contributed by atoms with Crippen LogP contribution in [-0.2, 0) is 57.4 Å². The van der Waals surface area contributed by atoms with E-state index < -0.39 is 85.7 Å². The molecule has 0 amide bonds. The van der Waals surface area contributed by atoms with E-state index in [1.807, 2.05) is 0 Å². The Labute approximate surface area is 305 Å². The summed E-state index contributed by atoms with van der Waals surface area (Å²) in [6.07, 6.45) is 0. The first kappa shape index (κ1) is 50.6. The zero-order valence-electron chi connectivity index (χ0n) is 30.8. The van der Waals surface area contributed by atoms with Crippen molar-refractivity contribution in [3.05, 3.63) is 0 Å². The van der Waals surface area contributed by atoms with Crippen LogP contribution in [0.3, 0.4) is 0 Å². The second-order valence-corrected chi connectivity index (χ2v) is 16.5. The van der Waals surface area contributed by atoms with Gasteiger partial charge in [0.15, 0.2) is 0 Å². The predicted octanol–water partition coefficient (Wildman–Crippen LogP) is 5.15. The fourth-order valence-corrected chi connectivity index (χ4v) is 1.77. The Morgan fingerprint density at radius 3 is 0.500 bits per heavy atom. The number of ether oxygens (including phenoxy) is 3. The minimum Gasteiger partial charge on any atom is -0.387 e. The van der Waals surface area contributed by atoms with E-state index in [1.165, 1.54) is 0 Å². The van der Waals surface area contributed by atoms with E-state index in [4.69, 9.17) is 0 Å². The largest absolute Gasteiger partial charge is 0.387 e. The molecule has 266 valence electrons. The Morgan fingerprint density at radius 1 is 0.283 bits per heavy atom. The third kappa shape index (κ3) is 20.8. The van der Waals surface area contributed by atoms with E-state index in [-0.39, 0.29) is 39.9 Å². The van der Waals surface area contributed by atoms with Crippen molar-refractivity contribution in [2.75, 3.05) is 0 Å². The zero-order valence-corrected chi connectivity index (χ0v) is 33.0. The normalized spacial score (nSPS) is 11.9. The molecule has 0 spiro atoms. The molecule has 0 N–H and O–H groups in total. The SMILES string of the molecule is CC(C)(C)C(=O)OC(=O)C(=O)C(C)(C)C.CC(C)(C)C(=O)OC(=O)C(=O)C(C)(C)C.CC(C)(C)C(=O)OC(=O)C(=O)C(C)(C)C.[Gd]. The van der Waals surface area contributed by atoms with Crippen LogP contribution in [0.2, 0.25) is 0 Å². The molecular weight excluding hydrogens is 746 g/mol. The number of Topliss-reactive ketones (excluding diaryl/α,β-unsaturated/α-hetero) is 3. The van der Waals surface area contributed by atoms with E-state index in [0.717, 1.165) is 0 Å². The summed E-state index contributed by atoms with van der Waals surface area (Å²) in [4.78, 5) is 102. The van der Waals surface area contributed by atoms with Crippen LogP contribution in [0.4, 0.5) is 0 Å². The summed E-state index contributed by atoms with van der Waals surface area (Å²) in [5.41, 5.74) is -4.82. The van der Waals surface area contributed by atoms with Gasteiger partial charge in [-0.15, -0.1) is 0 Å². The van der Waals surface area contributed by atoms with Crippen molar-refractivity contribution in [2.45, 2.75) is 125 Å². The molecule has 0 aromatic heterocycles. The van der Waals surface area contributed by atoms with Crippen LogP contribution in [0.15, 0.2) is 0 Å². The smallest absolute Gasteiger partial charge is 0.382 e. The van der Waals surface area contributed by atoms with Gasteiger partial charge in [0, 0.05) is 56.2 Å². The van der Waals surface area contributed by atoms with Gasteiger partial charge in [-0.3, -0.25) is 28.8 Å². The van der Waals surface area contributed by atoms with Crippen LogP contribution in [0.25, 0.3) is 0 Å². The number of hydrogen-bond donors (Lipinski definition) is 0. The van der Waals surface area contributed by atoms with E-state index in [1.54, 1.807) is 125 Å². The van der Waals surface area contributed by atoms with Crippen molar-refractivity contribution in [3.8, 4) is 0 Å². The van der Waals surface area contributed by atoms with Gasteiger partial charge in [0.25, 0.3) is 0 Å². The molecule has 0 saturated carbocycles. The van der Waals surface area contributed by atoms with Crippen molar-refractivity contribution in [2.24, 2.45) is 32.5 Å². The summed E-state index contributed by atoms with van der Waals surface area (Å²) >= 11 is 0. The average molecular weight is 800 g/mol. The molecule has 0 unspecified atom stereocenters. The molecule has 46 heavy (non-hydrogen) atoms. The van der Waals surface area contributed by atoms with E-state index in [9.17, 15) is 43.2 Å². The van der Waals surface area contributed by atoms with Gasteiger partial charge in [-0.05, 0) is 62.3 Å². The molecule has 13 heteroatoms.